The summed E-state index contributed by atoms with van der Waals surface area (Å²) in [4.78, 5) is 35.9. The Hall–Kier alpha value is -2.52. The van der Waals surface area contributed by atoms with Crippen LogP contribution in [-0.4, -0.2) is 52.1 Å². The summed E-state index contributed by atoms with van der Waals surface area (Å²) < 4.78 is 5.32. The lowest BCUT2D eigenvalue weighted by Crippen LogP contribution is -2.57. The Labute approximate surface area is 130 Å². The van der Waals surface area contributed by atoms with Crippen LogP contribution in [0, 0.1) is 10.1 Å². The van der Waals surface area contributed by atoms with Gasteiger partial charge in [-0.2, -0.15) is 0 Å². The SMILES string of the molecule is N[C@H]1Cc2c(cccc2[N+](=O)[O-])[C@H]2COC[C@@H](C(=O)O)N2C1=O. The molecule has 2 aliphatic rings. The monoisotopic (exact) mass is 321 g/mol. The van der Waals surface area contributed by atoms with Crippen LogP contribution in [0.5, 0.6) is 0 Å². The van der Waals surface area contributed by atoms with Crippen LogP contribution in [0.1, 0.15) is 17.2 Å². The van der Waals surface area contributed by atoms with Crippen LogP contribution in [0.15, 0.2) is 18.2 Å². The first-order valence-electron chi connectivity index (χ1n) is 7.06. The van der Waals surface area contributed by atoms with E-state index in [2.05, 4.69) is 0 Å². The van der Waals surface area contributed by atoms with E-state index in [1.807, 2.05) is 0 Å². The number of nitrogens with two attached hydrogens (primary N) is 1. The van der Waals surface area contributed by atoms with Gasteiger partial charge in [0.2, 0.25) is 5.91 Å². The highest BCUT2D eigenvalue weighted by molar-refractivity contribution is 5.88. The molecule has 9 heteroatoms. The number of nitro groups is 1. The summed E-state index contributed by atoms with van der Waals surface area (Å²) in [6.45, 7) is -0.0506. The van der Waals surface area contributed by atoms with E-state index in [0.29, 0.717) is 11.1 Å². The molecule has 1 aromatic carbocycles. The zero-order valence-electron chi connectivity index (χ0n) is 12.0. The van der Waals surface area contributed by atoms with Crippen molar-refractivity contribution >= 4 is 17.6 Å². The lowest BCUT2D eigenvalue weighted by molar-refractivity contribution is -0.385. The molecule has 122 valence electrons. The summed E-state index contributed by atoms with van der Waals surface area (Å²) in [5.74, 6) is -1.72. The lowest BCUT2D eigenvalue weighted by Gasteiger charge is -2.40. The number of aliphatic carboxylic acids is 1. The van der Waals surface area contributed by atoms with Crippen molar-refractivity contribution in [2.75, 3.05) is 13.2 Å². The molecule has 0 aliphatic carbocycles. The number of morpholine rings is 1. The molecular weight excluding hydrogens is 306 g/mol. The number of carboxylic acid groups (broad SMARTS) is 1. The normalized spacial score (nSPS) is 26.9. The second-order valence-corrected chi connectivity index (χ2v) is 5.57. The van der Waals surface area contributed by atoms with E-state index in [4.69, 9.17) is 10.5 Å². The number of fused-ring (bicyclic) bond motifs is 3. The van der Waals surface area contributed by atoms with Crippen LogP contribution in [0.3, 0.4) is 0 Å². The van der Waals surface area contributed by atoms with Crippen molar-refractivity contribution in [1.82, 2.24) is 4.90 Å². The van der Waals surface area contributed by atoms with Gasteiger partial charge in [-0.1, -0.05) is 12.1 Å². The first-order valence-corrected chi connectivity index (χ1v) is 7.06. The molecule has 23 heavy (non-hydrogen) atoms. The van der Waals surface area contributed by atoms with E-state index >= 15 is 0 Å². The number of benzene rings is 1. The highest BCUT2D eigenvalue weighted by Crippen LogP contribution is 2.37. The van der Waals surface area contributed by atoms with Crippen LogP contribution in [0.25, 0.3) is 0 Å². The van der Waals surface area contributed by atoms with E-state index in [1.165, 1.54) is 17.0 Å². The summed E-state index contributed by atoms with van der Waals surface area (Å²) in [7, 11) is 0. The van der Waals surface area contributed by atoms with Crippen molar-refractivity contribution in [1.29, 1.82) is 0 Å². The van der Waals surface area contributed by atoms with Gasteiger partial charge < -0.3 is 20.5 Å². The van der Waals surface area contributed by atoms with Gasteiger partial charge in [0.15, 0.2) is 6.04 Å². The average Bonchev–Trinajstić information content (AvgIpc) is 2.63. The highest BCUT2D eigenvalue weighted by atomic mass is 16.6. The number of hydrogen-bond acceptors (Lipinski definition) is 6. The standard InChI is InChI=1S/C14H15N3O6/c15-9-4-8-7(2-1-3-10(8)17(21)22)11-5-23-6-12(14(19)20)16(11)13(9)18/h1-3,9,11-12H,4-6,15H2,(H,19,20)/t9-,11+,12-/m0/s1. The van der Waals surface area contributed by atoms with E-state index in [-0.39, 0.29) is 25.3 Å². The van der Waals surface area contributed by atoms with E-state index in [1.54, 1.807) is 6.07 Å². The van der Waals surface area contributed by atoms with Crippen LogP contribution in [0.2, 0.25) is 0 Å². The zero-order chi connectivity index (χ0) is 16.7. The molecule has 9 nitrogen and oxygen atoms in total. The molecule has 0 radical (unpaired) electrons. The average molecular weight is 321 g/mol. The summed E-state index contributed by atoms with van der Waals surface area (Å²) in [5.41, 5.74) is 6.65. The van der Waals surface area contributed by atoms with E-state index < -0.39 is 34.9 Å². The van der Waals surface area contributed by atoms with Gasteiger partial charge in [0.1, 0.15) is 0 Å². The van der Waals surface area contributed by atoms with Gasteiger partial charge in [0.25, 0.3) is 5.69 Å². The number of carbonyl (C=O) groups excluding carboxylic acids is 1. The van der Waals surface area contributed by atoms with Gasteiger partial charge in [-0.15, -0.1) is 0 Å². The molecule has 0 aromatic heterocycles. The molecule has 0 bridgehead atoms. The number of carboxylic acids is 1. The van der Waals surface area contributed by atoms with Gasteiger partial charge in [0.05, 0.1) is 30.2 Å². The van der Waals surface area contributed by atoms with Crippen LogP contribution < -0.4 is 5.73 Å². The molecule has 2 heterocycles. The Morgan fingerprint density at radius 1 is 1.43 bits per heavy atom. The topological polar surface area (TPSA) is 136 Å². The fourth-order valence-corrected chi connectivity index (χ4v) is 3.20. The minimum absolute atomic E-state index is 0.00927. The number of ether oxygens (including phenoxy) is 1. The van der Waals surface area contributed by atoms with Crippen LogP contribution in [0.4, 0.5) is 5.69 Å². The lowest BCUT2D eigenvalue weighted by atomic mass is 9.95. The molecule has 1 saturated heterocycles. The molecular formula is C14H15N3O6. The number of carbonyl (C=O) groups is 2. The maximum absolute atomic E-state index is 12.6. The fourth-order valence-electron chi connectivity index (χ4n) is 3.20. The Balaban J connectivity index is 2.17. The maximum Gasteiger partial charge on any atom is 0.328 e. The number of nitrogens with zero attached hydrogens (tertiary/aromatic N) is 2. The van der Waals surface area contributed by atoms with Crippen molar-refractivity contribution in [2.45, 2.75) is 24.5 Å². The third-order valence-corrected chi connectivity index (χ3v) is 4.25. The predicted molar refractivity (Wildman–Crippen MR) is 76.6 cm³/mol. The number of amides is 1. The molecule has 3 N–H and O–H groups in total. The molecule has 3 rings (SSSR count). The summed E-state index contributed by atoms with van der Waals surface area (Å²) in [6.07, 6.45) is -0.00927. The first kappa shape index (κ1) is 15.4. The molecule has 3 atom stereocenters. The molecule has 1 aromatic rings. The molecule has 0 spiro atoms. The molecule has 2 aliphatic heterocycles. The summed E-state index contributed by atoms with van der Waals surface area (Å²) in [6, 6.07) is 1.64. The smallest absolute Gasteiger partial charge is 0.328 e. The summed E-state index contributed by atoms with van der Waals surface area (Å²) in [5, 5.41) is 20.6. The number of nitro benzene ring substituents is 1. The Bertz CT molecular complexity index is 691. The quantitative estimate of drug-likeness (QED) is 0.570. The molecule has 0 unspecified atom stereocenters. The summed E-state index contributed by atoms with van der Waals surface area (Å²) >= 11 is 0. The molecule has 1 amide bonds. The molecule has 1 fully saturated rings. The van der Waals surface area contributed by atoms with Gasteiger partial charge in [0, 0.05) is 18.1 Å². The molecule has 0 saturated carbocycles. The van der Waals surface area contributed by atoms with Crippen molar-refractivity contribution in [2.24, 2.45) is 5.73 Å². The van der Waals surface area contributed by atoms with Crippen molar-refractivity contribution in [3.63, 3.8) is 0 Å². The minimum Gasteiger partial charge on any atom is -0.480 e. The zero-order valence-corrected chi connectivity index (χ0v) is 12.0. The van der Waals surface area contributed by atoms with Gasteiger partial charge >= 0.3 is 5.97 Å². The highest BCUT2D eigenvalue weighted by Gasteiger charge is 2.45. The van der Waals surface area contributed by atoms with E-state index in [9.17, 15) is 24.8 Å². The maximum atomic E-state index is 12.6. The predicted octanol–water partition coefficient (Wildman–Crippen LogP) is -0.169. The largest absolute Gasteiger partial charge is 0.480 e. The number of rotatable bonds is 2. The first-order chi connectivity index (χ1) is 10.9. The van der Waals surface area contributed by atoms with Crippen molar-refractivity contribution < 1.29 is 24.4 Å². The van der Waals surface area contributed by atoms with Crippen molar-refractivity contribution in [3.05, 3.63) is 39.4 Å². The Morgan fingerprint density at radius 2 is 2.17 bits per heavy atom. The minimum atomic E-state index is -1.19. The van der Waals surface area contributed by atoms with Crippen LogP contribution in [-0.2, 0) is 20.7 Å². The van der Waals surface area contributed by atoms with Gasteiger partial charge in [-0.3, -0.25) is 14.9 Å². The second kappa shape index (κ2) is 5.60. The number of hydrogen-bond donors (Lipinski definition) is 2. The van der Waals surface area contributed by atoms with Gasteiger partial charge in [-0.25, -0.2) is 4.79 Å². The third-order valence-electron chi connectivity index (χ3n) is 4.25. The van der Waals surface area contributed by atoms with Gasteiger partial charge in [-0.05, 0) is 5.56 Å². The van der Waals surface area contributed by atoms with Crippen molar-refractivity contribution in [3.8, 4) is 0 Å². The third kappa shape index (κ3) is 2.43. The Morgan fingerprint density at radius 3 is 2.83 bits per heavy atom. The van der Waals surface area contributed by atoms with E-state index in [0.717, 1.165) is 0 Å². The fraction of sp³-hybridized carbons (Fsp3) is 0.429. The second-order valence-electron chi connectivity index (χ2n) is 5.57. The Kier molecular flexibility index (Phi) is 3.74. The van der Waals surface area contributed by atoms with Crippen LogP contribution >= 0.6 is 0 Å².